The number of hydrogen-bond acceptors (Lipinski definition) is 2. The SMILES string of the molecule is CC(C)(CCN1CCC(C(C)(C)C)CC1)C(=O)O. The minimum atomic E-state index is -0.688. The van der Waals surface area contributed by atoms with Gasteiger partial charge in [0.05, 0.1) is 5.41 Å². The Hall–Kier alpha value is -0.570. The van der Waals surface area contributed by atoms with E-state index in [2.05, 4.69) is 25.7 Å². The van der Waals surface area contributed by atoms with Gasteiger partial charge in [-0.1, -0.05) is 20.8 Å². The van der Waals surface area contributed by atoms with Gasteiger partial charge >= 0.3 is 5.97 Å². The average molecular weight is 255 g/mol. The lowest BCUT2D eigenvalue weighted by Crippen LogP contribution is -2.40. The van der Waals surface area contributed by atoms with Crippen LogP contribution >= 0.6 is 0 Å². The maximum atomic E-state index is 11.1. The lowest BCUT2D eigenvalue weighted by atomic mass is 9.75. The van der Waals surface area contributed by atoms with Crippen LogP contribution in [0.25, 0.3) is 0 Å². The summed E-state index contributed by atoms with van der Waals surface area (Å²) >= 11 is 0. The fourth-order valence-corrected chi connectivity index (χ4v) is 2.57. The van der Waals surface area contributed by atoms with Crippen LogP contribution in [0, 0.1) is 16.7 Å². The van der Waals surface area contributed by atoms with Crippen LogP contribution in [0.1, 0.15) is 53.9 Å². The molecule has 18 heavy (non-hydrogen) atoms. The predicted octanol–water partition coefficient (Wildman–Crippen LogP) is 3.25. The van der Waals surface area contributed by atoms with Gasteiger partial charge in [-0.3, -0.25) is 4.79 Å². The number of nitrogens with zero attached hydrogens (tertiary/aromatic N) is 1. The summed E-state index contributed by atoms with van der Waals surface area (Å²) in [4.78, 5) is 13.5. The van der Waals surface area contributed by atoms with Crippen molar-refractivity contribution in [1.29, 1.82) is 0 Å². The van der Waals surface area contributed by atoms with E-state index in [1.807, 2.05) is 13.8 Å². The average Bonchev–Trinajstić information content (AvgIpc) is 2.25. The third-order valence-electron chi connectivity index (χ3n) is 4.44. The summed E-state index contributed by atoms with van der Waals surface area (Å²) in [5.41, 5.74) is -0.187. The molecule has 0 aromatic rings. The lowest BCUT2D eigenvalue weighted by molar-refractivity contribution is -0.147. The molecular formula is C15H29NO2. The van der Waals surface area contributed by atoms with Crippen LogP contribution in [0.5, 0.6) is 0 Å². The van der Waals surface area contributed by atoms with Crippen molar-refractivity contribution in [1.82, 2.24) is 4.90 Å². The Kier molecular flexibility index (Phi) is 4.82. The van der Waals surface area contributed by atoms with Crippen molar-refractivity contribution in [2.75, 3.05) is 19.6 Å². The van der Waals surface area contributed by atoms with Gasteiger partial charge < -0.3 is 10.0 Å². The maximum Gasteiger partial charge on any atom is 0.309 e. The number of piperidine rings is 1. The van der Waals surface area contributed by atoms with E-state index in [4.69, 9.17) is 5.11 Å². The van der Waals surface area contributed by atoms with Crippen molar-refractivity contribution < 1.29 is 9.90 Å². The highest BCUT2D eigenvalue weighted by Gasteiger charge is 2.31. The molecule has 0 amide bonds. The first-order valence-corrected chi connectivity index (χ1v) is 7.09. The molecule has 0 aromatic carbocycles. The van der Waals surface area contributed by atoms with Gasteiger partial charge in [0.15, 0.2) is 0 Å². The number of carboxylic acids is 1. The summed E-state index contributed by atoms with van der Waals surface area (Å²) < 4.78 is 0. The molecule has 0 radical (unpaired) electrons. The summed E-state index contributed by atoms with van der Waals surface area (Å²) in [5, 5.41) is 9.10. The molecule has 0 aromatic heterocycles. The molecule has 0 atom stereocenters. The van der Waals surface area contributed by atoms with E-state index in [0.29, 0.717) is 5.41 Å². The number of rotatable bonds is 4. The quantitative estimate of drug-likeness (QED) is 0.838. The van der Waals surface area contributed by atoms with E-state index >= 15 is 0 Å². The molecule has 1 saturated heterocycles. The van der Waals surface area contributed by atoms with Gasteiger partial charge in [0.2, 0.25) is 0 Å². The fraction of sp³-hybridized carbons (Fsp3) is 0.933. The Labute approximate surface area is 112 Å². The van der Waals surface area contributed by atoms with Crippen LogP contribution in [-0.2, 0) is 4.79 Å². The van der Waals surface area contributed by atoms with E-state index in [1.165, 1.54) is 12.8 Å². The molecule has 3 heteroatoms. The Bertz CT molecular complexity index is 283. The molecule has 1 heterocycles. The Morgan fingerprint density at radius 1 is 1.17 bits per heavy atom. The second-order valence-electron chi connectivity index (χ2n) is 7.42. The molecule has 0 aliphatic carbocycles. The Balaban J connectivity index is 2.35. The molecule has 0 spiro atoms. The van der Waals surface area contributed by atoms with Gasteiger partial charge in [-0.15, -0.1) is 0 Å². The highest BCUT2D eigenvalue weighted by molar-refractivity contribution is 5.73. The Morgan fingerprint density at radius 3 is 2.06 bits per heavy atom. The molecular weight excluding hydrogens is 226 g/mol. The molecule has 0 saturated carbocycles. The van der Waals surface area contributed by atoms with Gasteiger partial charge in [0.25, 0.3) is 0 Å². The lowest BCUT2D eigenvalue weighted by Gasteiger charge is -2.39. The van der Waals surface area contributed by atoms with Crippen LogP contribution < -0.4 is 0 Å². The fourth-order valence-electron chi connectivity index (χ4n) is 2.57. The van der Waals surface area contributed by atoms with Crippen molar-refractivity contribution in [3.8, 4) is 0 Å². The summed E-state index contributed by atoms with van der Waals surface area (Å²) in [6, 6.07) is 0. The zero-order chi connectivity index (χ0) is 14.0. The zero-order valence-electron chi connectivity index (χ0n) is 12.6. The first kappa shape index (κ1) is 15.5. The smallest absolute Gasteiger partial charge is 0.309 e. The van der Waals surface area contributed by atoms with E-state index in [9.17, 15) is 4.79 Å². The minimum Gasteiger partial charge on any atom is -0.481 e. The molecule has 106 valence electrons. The van der Waals surface area contributed by atoms with Crippen LogP contribution in [0.15, 0.2) is 0 Å². The number of likely N-dealkylation sites (tertiary alicyclic amines) is 1. The predicted molar refractivity (Wildman–Crippen MR) is 74.7 cm³/mol. The van der Waals surface area contributed by atoms with Crippen molar-refractivity contribution >= 4 is 5.97 Å². The van der Waals surface area contributed by atoms with Gasteiger partial charge in [-0.2, -0.15) is 0 Å². The normalized spacial score (nSPS) is 20.1. The third kappa shape index (κ3) is 4.27. The van der Waals surface area contributed by atoms with Crippen molar-refractivity contribution in [2.24, 2.45) is 16.7 Å². The van der Waals surface area contributed by atoms with Crippen molar-refractivity contribution in [3.05, 3.63) is 0 Å². The highest BCUT2D eigenvalue weighted by atomic mass is 16.4. The topological polar surface area (TPSA) is 40.5 Å². The monoisotopic (exact) mass is 255 g/mol. The zero-order valence-corrected chi connectivity index (χ0v) is 12.6. The molecule has 1 rings (SSSR count). The summed E-state index contributed by atoms with van der Waals surface area (Å²) in [7, 11) is 0. The highest BCUT2D eigenvalue weighted by Crippen LogP contribution is 2.34. The maximum absolute atomic E-state index is 11.1. The van der Waals surface area contributed by atoms with Gasteiger partial charge in [0, 0.05) is 0 Å². The Morgan fingerprint density at radius 2 is 1.67 bits per heavy atom. The van der Waals surface area contributed by atoms with Crippen LogP contribution in [0.4, 0.5) is 0 Å². The second-order valence-corrected chi connectivity index (χ2v) is 7.42. The van der Waals surface area contributed by atoms with Crippen LogP contribution in [0.3, 0.4) is 0 Å². The molecule has 1 aliphatic heterocycles. The van der Waals surface area contributed by atoms with Gasteiger partial charge in [0.1, 0.15) is 0 Å². The number of hydrogen-bond donors (Lipinski definition) is 1. The molecule has 1 N–H and O–H groups in total. The second kappa shape index (κ2) is 5.60. The first-order valence-electron chi connectivity index (χ1n) is 7.09. The van der Waals surface area contributed by atoms with E-state index in [1.54, 1.807) is 0 Å². The summed E-state index contributed by atoms with van der Waals surface area (Å²) in [5.74, 6) is 0.119. The first-order chi connectivity index (χ1) is 8.13. The van der Waals surface area contributed by atoms with Gasteiger partial charge in [-0.05, 0) is 64.1 Å². The largest absolute Gasteiger partial charge is 0.481 e. The minimum absolute atomic E-state index is 0.409. The van der Waals surface area contributed by atoms with Gasteiger partial charge in [-0.25, -0.2) is 0 Å². The van der Waals surface area contributed by atoms with Crippen molar-refractivity contribution in [2.45, 2.75) is 53.9 Å². The number of carbonyl (C=O) groups is 1. The van der Waals surface area contributed by atoms with Crippen molar-refractivity contribution in [3.63, 3.8) is 0 Å². The van der Waals surface area contributed by atoms with Crippen LogP contribution in [0.2, 0.25) is 0 Å². The summed E-state index contributed by atoms with van der Waals surface area (Å²) in [6.45, 7) is 13.8. The molecule has 3 nitrogen and oxygen atoms in total. The van der Waals surface area contributed by atoms with Crippen LogP contribution in [-0.4, -0.2) is 35.6 Å². The van der Waals surface area contributed by atoms with E-state index in [-0.39, 0.29) is 0 Å². The molecule has 0 unspecified atom stereocenters. The molecule has 0 bridgehead atoms. The van der Waals surface area contributed by atoms with E-state index < -0.39 is 11.4 Å². The standard InChI is InChI=1S/C15H29NO2/c1-14(2,3)12-6-9-16(10-7-12)11-8-15(4,5)13(17)18/h12H,6-11H2,1-5H3,(H,17,18). The molecule has 1 aliphatic rings. The van der Waals surface area contributed by atoms with E-state index in [0.717, 1.165) is 32.0 Å². The summed E-state index contributed by atoms with van der Waals surface area (Å²) in [6.07, 6.45) is 3.23. The number of carboxylic acid groups (broad SMARTS) is 1. The molecule has 1 fully saturated rings. The number of aliphatic carboxylic acids is 1. The third-order valence-corrected chi connectivity index (χ3v) is 4.44.